The van der Waals surface area contributed by atoms with Crippen LogP contribution in [0.1, 0.15) is 16.7 Å². The van der Waals surface area contributed by atoms with Gasteiger partial charge < -0.3 is 4.55 Å². The fourth-order valence-electron chi connectivity index (χ4n) is 4.02. The molecule has 0 aliphatic rings. The Balaban J connectivity index is 0.000000190. The number of alkyl halides is 6. The molecule has 4 aromatic carbocycles. The molecule has 0 amide bonds. The molecule has 0 aliphatic heterocycles. The van der Waals surface area contributed by atoms with E-state index in [1.165, 1.54) is 10.5 Å². The first-order valence-corrected chi connectivity index (χ1v) is 14.0. The van der Waals surface area contributed by atoms with E-state index in [1.54, 1.807) is 0 Å². The molecule has 0 saturated heterocycles. The Hall–Kier alpha value is -3.74. The zero-order chi connectivity index (χ0) is 29.5. The van der Waals surface area contributed by atoms with Crippen molar-refractivity contribution in [2.75, 3.05) is 0 Å². The van der Waals surface area contributed by atoms with Crippen molar-refractivity contribution >= 4 is 40.8 Å². The van der Waals surface area contributed by atoms with Gasteiger partial charge in [-0.2, -0.15) is 26.3 Å². The fourth-order valence-corrected chi connectivity index (χ4v) is 7.07. The van der Waals surface area contributed by atoms with Crippen LogP contribution in [-0.2, 0) is 22.5 Å². The van der Waals surface area contributed by atoms with Crippen LogP contribution >= 0.6 is 10.5 Å². The average molecular weight is 597 g/mol. The Morgan fingerprint density at radius 3 is 1.52 bits per heavy atom. The van der Waals surface area contributed by atoms with Crippen LogP contribution in [0.2, 0.25) is 0 Å². The summed E-state index contributed by atoms with van der Waals surface area (Å²) in [4.78, 5) is 12.5. The molecule has 0 bridgehead atoms. The molecular formula is C28H18F6O4S2. The van der Waals surface area contributed by atoms with Crippen LogP contribution in [0.25, 0.3) is 25.1 Å². The monoisotopic (exact) mass is 596 g/mol. The van der Waals surface area contributed by atoms with E-state index in [9.17, 15) is 44.1 Å². The van der Waals surface area contributed by atoms with Crippen LogP contribution in [0.4, 0.5) is 26.3 Å². The summed E-state index contributed by atoms with van der Waals surface area (Å²) in [6, 6.07) is 24.0. The van der Waals surface area contributed by atoms with Crippen molar-refractivity contribution in [1.29, 1.82) is 0 Å². The third-order valence-corrected chi connectivity index (χ3v) is 9.17. The molecule has 5 rings (SSSR count). The zero-order valence-corrected chi connectivity index (χ0v) is 22.0. The fraction of sp³-hybridized carbons (Fsp3) is 0.107. The van der Waals surface area contributed by atoms with E-state index in [-0.39, 0.29) is 34.1 Å². The van der Waals surface area contributed by atoms with Crippen LogP contribution < -0.4 is 5.43 Å². The number of fused-ring (bicyclic) bond motifs is 2. The van der Waals surface area contributed by atoms with Gasteiger partial charge in [-0.25, -0.2) is 8.42 Å². The molecule has 208 valence electrons. The van der Waals surface area contributed by atoms with Gasteiger partial charge in [-0.15, -0.1) is 0 Å². The van der Waals surface area contributed by atoms with Crippen molar-refractivity contribution in [2.24, 2.45) is 0 Å². The van der Waals surface area contributed by atoms with Gasteiger partial charge in [0.15, 0.2) is 14.3 Å². The van der Waals surface area contributed by atoms with E-state index in [0.717, 1.165) is 20.2 Å². The second kappa shape index (κ2) is 10.7. The molecule has 1 aromatic heterocycles. The number of hydrogen-bond donors (Lipinski definition) is 0. The topological polar surface area (TPSA) is 74.3 Å². The molecule has 0 fully saturated rings. The molecule has 0 unspecified atom stereocenters. The Labute approximate surface area is 226 Å². The van der Waals surface area contributed by atoms with Crippen LogP contribution in [-0.4, -0.2) is 13.0 Å². The number of aryl methyl sites for hydroxylation is 1. The lowest BCUT2D eigenvalue weighted by molar-refractivity contribution is -0.143. The van der Waals surface area contributed by atoms with E-state index in [0.29, 0.717) is 0 Å². The van der Waals surface area contributed by atoms with Crippen molar-refractivity contribution in [2.45, 2.75) is 24.2 Å². The SMILES string of the molecule is Cc1ccccc1-[s+]1c2ccccc2c(=O)c2ccccc21.O=S(=O)([O-])c1cc(C(F)(F)F)cc(C(F)(F)F)c1. The molecule has 4 nitrogen and oxygen atoms in total. The van der Waals surface area contributed by atoms with Gasteiger partial charge in [-0.05, 0) is 55.5 Å². The van der Waals surface area contributed by atoms with Crippen molar-refractivity contribution in [3.8, 4) is 4.90 Å². The van der Waals surface area contributed by atoms with Crippen molar-refractivity contribution < 1.29 is 39.3 Å². The molecule has 0 aliphatic carbocycles. The highest BCUT2D eigenvalue weighted by molar-refractivity contribution is 7.85. The maximum Gasteiger partial charge on any atom is 0.416 e. The summed E-state index contributed by atoms with van der Waals surface area (Å²) in [6.07, 6.45) is -10.4. The summed E-state index contributed by atoms with van der Waals surface area (Å²) in [7, 11) is -5.63. The normalized spacial score (nSPS) is 12.3. The molecule has 0 radical (unpaired) electrons. The van der Waals surface area contributed by atoms with Gasteiger partial charge in [0.05, 0.1) is 26.8 Å². The van der Waals surface area contributed by atoms with E-state index < -0.39 is 38.5 Å². The van der Waals surface area contributed by atoms with Crippen LogP contribution in [0.3, 0.4) is 0 Å². The van der Waals surface area contributed by atoms with Crippen LogP contribution in [0, 0.1) is 6.92 Å². The third kappa shape index (κ3) is 6.03. The Morgan fingerprint density at radius 2 is 1.10 bits per heavy atom. The molecule has 40 heavy (non-hydrogen) atoms. The number of halogens is 6. The molecule has 1 heterocycles. The van der Waals surface area contributed by atoms with Crippen LogP contribution in [0.15, 0.2) is 101 Å². The Bertz CT molecular complexity index is 1800. The first-order valence-electron chi connectivity index (χ1n) is 11.4. The first kappa shape index (κ1) is 29.2. The van der Waals surface area contributed by atoms with E-state index in [1.807, 2.05) is 36.4 Å². The van der Waals surface area contributed by atoms with Gasteiger partial charge in [0.1, 0.15) is 10.1 Å². The summed E-state index contributed by atoms with van der Waals surface area (Å²) in [5.41, 5.74) is -2.30. The molecule has 0 saturated carbocycles. The molecule has 5 aromatic rings. The summed E-state index contributed by atoms with van der Waals surface area (Å²) in [5, 5.41) is 1.68. The Morgan fingerprint density at radius 1 is 0.675 bits per heavy atom. The smallest absolute Gasteiger partial charge is 0.416 e. The summed E-state index contributed by atoms with van der Waals surface area (Å²) < 4.78 is 107. The van der Waals surface area contributed by atoms with Crippen molar-refractivity contribution in [3.05, 3.63) is 118 Å². The summed E-state index contributed by atoms with van der Waals surface area (Å²) in [6.45, 7) is 2.14. The summed E-state index contributed by atoms with van der Waals surface area (Å²) >= 11 is 0. The maximum atomic E-state index is 12.8. The predicted octanol–water partition coefficient (Wildman–Crippen LogP) is 8.03. The Kier molecular flexibility index (Phi) is 7.81. The number of rotatable bonds is 2. The zero-order valence-electron chi connectivity index (χ0n) is 20.4. The predicted molar refractivity (Wildman–Crippen MR) is 141 cm³/mol. The molecule has 0 N–H and O–H groups in total. The van der Waals surface area contributed by atoms with Gasteiger partial charge in [0, 0.05) is 16.0 Å². The lowest BCUT2D eigenvalue weighted by Gasteiger charge is -2.15. The molecule has 0 atom stereocenters. The minimum atomic E-state index is -5.42. The molecular weight excluding hydrogens is 578 g/mol. The highest BCUT2D eigenvalue weighted by Crippen LogP contribution is 2.44. The van der Waals surface area contributed by atoms with Gasteiger partial charge >= 0.3 is 12.4 Å². The third-order valence-electron chi connectivity index (χ3n) is 5.87. The average Bonchev–Trinajstić information content (AvgIpc) is 2.88. The second-order valence-corrected chi connectivity index (χ2v) is 11.9. The van der Waals surface area contributed by atoms with Gasteiger partial charge in [-0.1, -0.05) is 42.5 Å². The van der Waals surface area contributed by atoms with Crippen molar-refractivity contribution in [1.82, 2.24) is 0 Å². The molecule has 12 heteroatoms. The largest absolute Gasteiger partial charge is 0.744 e. The lowest BCUT2D eigenvalue weighted by atomic mass is 10.1. The minimum absolute atomic E-state index is 0.141. The second-order valence-electron chi connectivity index (χ2n) is 8.59. The van der Waals surface area contributed by atoms with Crippen molar-refractivity contribution in [3.63, 3.8) is 0 Å². The lowest BCUT2D eigenvalue weighted by Crippen LogP contribution is -2.13. The standard InChI is InChI=1S/C20H15OS.C8H4F6O3S/c1-14-8-2-5-11-17(14)22-18-12-6-3-9-15(18)20(21)16-10-4-7-13-19(16)22;9-7(10,11)4-1-5(8(12,13)14)3-6(2-4)18(15,16)17/h2-13H,1H3;1-3H,(H,15,16,17)/q+1;/p-1. The van der Waals surface area contributed by atoms with Gasteiger partial charge in [0.25, 0.3) is 0 Å². The number of hydrogen-bond acceptors (Lipinski definition) is 4. The first-order chi connectivity index (χ1) is 18.6. The molecule has 0 spiro atoms. The summed E-state index contributed by atoms with van der Waals surface area (Å²) in [5.74, 6) is 0. The maximum absolute atomic E-state index is 12.8. The number of benzene rings is 4. The van der Waals surface area contributed by atoms with Crippen LogP contribution in [0.5, 0.6) is 0 Å². The van der Waals surface area contributed by atoms with Gasteiger partial charge in [0.2, 0.25) is 5.43 Å². The van der Waals surface area contributed by atoms with E-state index in [4.69, 9.17) is 0 Å². The van der Waals surface area contributed by atoms with E-state index in [2.05, 4.69) is 43.3 Å². The minimum Gasteiger partial charge on any atom is -0.744 e. The quantitative estimate of drug-likeness (QED) is 0.0895. The van der Waals surface area contributed by atoms with E-state index >= 15 is 0 Å². The van der Waals surface area contributed by atoms with Gasteiger partial charge in [-0.3, -0.25) is 4.79 Å². The highest BCUT2D eigenvalue weighted by Gasteiger charge is 2.37. The highest BCUT2D eigenvalue weighted by atomic mass is 32.2.